The second kappa shape index (κ2) is 7.98. The number of nitrogens with zero attached hydrogens (tertiary/aromatic N) is 2. The molecule has 0 saturated heterocycles. The zero-order chi connectivity index (χ0) is 25.0. The smallest absolute Gasteiger partial charge is 0.272 e. The molecule has 1 aliphatic rings. The molecule has 0 aliphatic carbocycles. The summed E-state index contributed by atoms with van der Waals surface area (Å²) in [5.74, 6) is -1.37. The van der Waals surface area contributed by atoms with E-state index >= 15 is 0 Å². The maximum Gasteiger partial charge on any atom is 0.272 e. The van der Waals surface area contributed by atoms with Gasteiger partial charge in [-0.15, -0.1) is 0 Å². The minimum Gasteiger partial charge on any atom is -0.506 e. The van der Waals surface area contributed by atoms with Gasteiger partial charge in [0, 0.05) is 24.5 Å². The highest BCUT2D eigenvalue weighted by atomic mass is 16.3. The highest BCUT2D eigenvalue weighted by molar-refractivity contribution is 6.37. The number of anilines is 1. The largest absolute Gasteiger partial charge is 0.506 e. The number of hydrogen-bond donors (Lipinski definition) is 3. The molecule has 0 fully saturated rings. The van der Waals surface area contributed by atoms with E-state index in [1.165, 1.54) is 16.4 Å². The molecule has 5 rings (SSSR count). The fourth-order valence-electron chi connectivity index (χ4n) is 4.75. The van der Waals surface area contributed by atoms with E-state index in [1.807, 2.05) is 0 Å². The van der Waals surface area contributed by atoms with Crippen LogP contribution in [0.1, 0.15) is 29.8 Å². The second-order valence-corrected chi connectivity index (χ2v) is 8.33. The Morgan fingerprint density at radius 2 is 1.66 bits per heavy atom. The SMILES string of the molecule is CCn1c(=O)c(-c2[nH][nH]c(=O)c2C(C)=C2C(=O)c3ccccc3N(C)C2=O)c(O)c2ccccc21. The lowest BCUT2D eigenvalue weighted by atomic mass is 9.89. The molecule has 0 atom stereocenters. The third-order valence-corrected chi connectivity index (χ3v) is 6.50. The number of aromatic hydroxyl groups is 1. The molecule has 0 bridgehead atoms. The van der Waals surface area contributed by atoms with E-state index < -0.39 is 22.8 Å². The minimum atomic E-state index is -0.623. The number of ketones is 1. The maximum atomic E-state index is 13.4. The predicted molar refractivity (Wildman–Crippen MR) is 133 cm³/mol. The van der Waals surface area contributed by atoms with Gasteiger partial charge < -0.3 is 14.6 Å². The Bertz CT molecular complexity index is 1700. The van der Waals surface area contributed by atoms with Crippen LogP contribution in [0.2, 0.25) is 0 Å². The van der Waals surface area contributed by atoms with Gasteiger partial charge in [0.25, 0.3) is 17.0 Å². The molecule has 176 valence electrons. The summed E-state index contributed by atoms with van der Waals surface area (Å²) in [4.78, 5) is 54.3. The molecule has 3 heterocycles. The van der Waals surface area contributed by atoms with E-state index in [0.29, 0.717) is 28.7 Å². The van der Waals surface area contributed by atoms with Crippen molar-refractivity contribution < 1.29 is 14.7 Å². The number of hydrogen-bond acceptors (Lipinski definition) is 5. The number of para-hydroxylation sites is 2. The minimum absolute atomic E-state index is 0.0116. The van der Waals surface area contributed by atoms with Gasteiger partial charge in [-0.05, 0) is 43.7 Å². The number of carbonyl (C=O) groups is 2. The van der Waals surface area contributed by atoms with Crippen LogP contribution in [0.4, 0.5) is 5.69 Å². The molecule has 2 aromatic heterocycles. The number of aromatic nitrogens is 3. The quantitative estimate of drug-likeness (QED) is 0.313. The molecule has 4 aromatic rings. The van der Waals surface area contributed by atoms with Crippen molar-refractivity contribution in [1.29, 1.82) is 0 Å². The Morgan fingerprint density at radius 1 is 0.971 bits per heavy atom. The molecule has 0 saturated carbocycles. The van der Waals surface area contributed by atoms with Gasteiger partial charge in [-0.3, -0.25) is 29.4 Å². The number of nitrogens with one attached hydrogen (secondary N) is 2. The number of rotatable bonds is 3. The van der Waals surface area contributed by atoms with Crippen LogP contribution >= 0.6 is 0 Å². The molecule has 3 N–H and O–H groups in total. The lowest BCUT2D eigenvalue weighted by molar-refractivity contribution is -0.114. The monoisotopic (exact) mass is 470 g/mol. The molecule has 0 unspecified atom stereocenters. The van der Waals surface area contributed by atoms with E-state index in [9.17, 15) is 24.3 Å². The van der Waals surface area contributed by atoms with Crippen LogP contribution in [0.5, 0.6) is 5.75 Å². The number of allylic oxidation sites excluding steroid dienone is 1. The Morgan fingerprint density at radius 3 is 2.40 bits per heavy atom. The van der Waals surface area contributed by atoms with Gasteiger partial charge in [0.15, 0.2) is 0 Å². The van der Waals surface area contributed by atoms with Crippen molar-refractivity contribution in [1.82, 2.24) is 14.8 Å². The lowest BCUT2D eigenvalue weighted by Gasteiger charge is -2.27. The Kier molecular flexibility index (Phi) is 5.05. The summed E-state index contributed by atoms with van der Waals surface area (Å²) in [7, 11) is 1.55. The van der Waals surface area contributed by atoms with Crippen LogP contribution in [-0.2, 0) is 11.3 Å². The van der Waals surface area contributed by atoms with E-state index in [2.05, 4.69) is 10.2 Å². The van der Waals surface area contributed by atoms with Crippen LogP contribution in [0, 0.1) is 0 Å². The number of H-pyrrole nitrogens is 2. The average molecular weight is 470 g/mol. The van der Waals surface area contributed by atoms with Gasteiger partial charge >= 0.3 is 0 Å². The van der Waals surface area contributed by atoms with Gasteiger partial charge in [-0.1, -0.05) is 24.3 Å². The zero-order valence-corrected chi connectivity index (χ0v) is 19.3. The number of aryl methyl sites for hydroxylation is 1. The fraction of sp³-hybridized carbons (Fsp3) is 0.154. The summed E-state index contributed by atoms with van der Waals surface area (Å²) in [6.07, 6.45) is 0. The number of Topliss-reactive ketones (excluding diaryl/α,β-unsaturated/α-hetero) is 1. The predicted octanol–water partition coefficient (Wildman–Crippen LogP) is 3.04. The number of benzene rings is 2. The normalized spacial score (nSPS) is 15.0. The highest BCUT2D eigenvalue weighted by Gasteiger charge is 2.36. The van der Waals surface area contributed by atoms with Crippen LogP contribution in [0.25, 0.3) is 27.7 Å². The highest BCUT2D eigenvalue weighted by Crippen LogP contribution is 2.37. The van der Waals surface area contributed by atoms with Gasteiger partial charge in [0.2, 0.25) is 5.78 Å². The topological polar surface area (TPSA) is 128 Å². The van der Waals surface area contributed by atoms with Crippen molar-refractivity contribution >= 4 is 33.9 Å². The summed E-state index contributed by atoms with van der Waals surface area (Å²) >= 11 is 0. The van der Waals surface area contributed by atoms with Crippen molar-refractivity contribution in [3.8, 4) is 17.0 Å². The first-order chi connectivity index (χ1) is 16.8. The van der Waals surface area contributed by atoms with E-state index in [-0.39, 0.29) is 33.7 Å². The van der Waals surface area contributed by atoms with Gasteiger partial charge in [0.1, 0.15) is 11.3 Å². The fourth-order valence-corrected chi connectivity index (χ4v) is 4.75. The number of likely N-dealkylation sites (N-methyl/N-ethyl adjacent to an activating group) is 1. The second-order valence-electron chi connectivity index (χ2n) is 8.33. The number of carbonyl (C=O) groups excluding carboxylic acids is 2. The molecule has 1 amide bonds. The molecule has 9 heteroatoms. The average Bonchev–Trinajstić information content (AvgIpc) is 3.24. The molecule has 0 radical (unpaired) electrons. The van der Waals surface area contributed by atoms with Crippen molar-refractivity contribution in [2.45, 2.75) is 20.4 Å². The summed E-state index contributed by atoms with van der Waals surface area (Å²) in [5, 5.41) is 16.7. The van der Waals surface area contributed by atoms with Crippen molar-refractivity contribution in [2.24, 2.45) is 0 Å². The Balaban J connectivity index is 1.82. The first-order valence-electron chi connectivity index (χ1n) is 11.1. The third kappa shape index (κ3) is 3.08. The van der Waals surface area contributed by atoms with E-state index in [0.717, 1.165) is 0 Å². The molecule has 0 spiro atoms. The van der Waals surface area contributed by atoms with Crippen molar-refractivity contribution in [3.63, 3.8) is 0 Å². The van der Waals surface area contributed by atoms with Crippen LogP contribution in [0.15, 0.2) is 63.7 Å². The number of pyridine rings is 1. The molecule has 1 aliphatic heterocycles. The zero-order valence-electron chi connectivity index (χ0n) is 19.3. The summed E-state index contributed by atoms with van der Waals surface area (Å²) in [5.41, 5.74) is -0.0154. The van der Waals surface area contributed by atoms with Crippen LogP contribution in [-0.4, -0.2) is 38.6 Å². The van der Waals surface area contributed by atoms with E-state index in [4.69, 9.17) is 0 Å². The molecule has 35 heavy (non-hydrogen) atoms. The molecular weight excluding hydrogens is 448 g/mol. The van der Waals surface area contributed by atoms with Gasteiger partial charge in [-0.2, -0.15) is 0 Å². The molecule has 2 aromatic carbocycles. The Hall–Kier alpha value is -4.66. The number of aromatic amines is 2. The standard InChI is InChI=1S/C26H22N4O5/c1-4-30-17-12-8-6-10-15(17)23(32)20(26(30)35)21-18(24(33)28-27-21)13(2)19-22(31)14-9-5-7-11-16(14)29(3)25(19)34/h5-12,32H,4H2,1-3H3,(H2,27,28,33). The van der Waals surface area contributed by atoms with Gasteiger partial charge in [-0.25, -0.2) is 0 Å². The summed E-state index contributed by atoms with van der Waals surface area (Å²) < 4.78 is 1.49. The van der Waals surface area contributed by atoms with E-state index in [1.54, 1.807) is 62.5 Å². The first kappa shape index (κ1) is 22.1. The third-order valence-electron chi connectivity index (χ3n) is 6.50. The lowest BCUT2D eigenvalue weighted by Crippen LogP contribution is -2.37. The maximum absolute atomic E-state index is 13.4. The molecular formula is C26H22N4O5. The van der Waals surface area contributed by atoms with Gasteiger partial charge in [0.05, 0.1) is 28.0 Å². The number of fused-ring (bicyclic) bond motifs is 2. The first-order valence-corrected chi connectivity index (χ1v) is 11.1. The van der Waals surface area contributed by atoms with Crippen LogP contribution in [0.3, 0.4) is 0 Å². The van der Waals surface area contributed by atoms with Crippen molar-refractivity contribution in [3.05, 3.63) is 85.9 Å². The number of amides is 1. The summed E-state index contributed by atoms with van der Waals surface area (Å²) in [6.45, 7) is 3.62. The van der Waals surface area contributed by atoms with Crippen LogP contribution < -0.4 is 16.0 Å². The Labute approximate surface area is 198 Å². The van der Waals surface area contributed by atoms with Crippen molar-refractivity contribution in [2.75, 3.05) is 11.9 Å². The summed E-state index contributed by atoms with van der Waals surface area (Å²) in [6, 6.07) is 13.6. The molecule has 9 nitrogen and oxygen atoms in total.